The van der Waals surface area contributed by atoms with Crippen LogP contribution in [-0.2, 0) is 9.53 Å². The van der Waals surface area contributed by atoms with Crippen LogP contribution in [0, 0.1) is 5.92 Å². The molecule has 1 aliphatic heterocycles. The molecule has 1 aliphatic rings. The zero-order valence-corrected chi connectivity index (χ0v) is 9.92. The number of rotatable bonds is 7. The Labute approximate surface area is 92.6 Å². The molecule has 3 nitrogen and oxygen atoms in total. The van der Waals surface area contributed by atoms with Gasteiger partial charge in [0, 0.05) is 25.5 Å². The van der Waals surface area contributed by atoms with Crippen molar-refractivity contribution in [1.82, 2.24) is 5.32 Å². The van der Waals surface area contributed by atoms with E-state index in [9.17, 15) is 4.79 Å². The maximum Gasteiger partial charge on any atom is 0.137 e. The third-order valence-corrected chi connectivity index (χ3v) is 2.99. The lowest BCUT2D eigenvalue weighted by atomic mass is 10.00. The van der Waals surface area contributed by atoms with Crippen LogP contribution >= 0.6 is 0 Å². The van der Waals surface area contributed by atoms with Crippen molar-refractivity contribution in [3.05, 3.63) is 0 Å². The van der Waals surface area contributed by atoms with Crippen LogP contribution < -0.4 is 5.32 Å². The van der Waals surface area contributed by atoms with Gasteiger partial charge in [0.05, 0.1) is 6.10 Å². The van der Waals surface area contributed by atoms with Crippen LogP contribution in [-0.4, -0.2) is 31.6 Å². The lowest BCUT2D eigenvalue weighted by Crippen LogP contribution is -2.26. The molecule has 2 atom stereocenters. The minimum Gasteiger partial charge on any atom is -0.378 e. The van der Waals surface area contributed by atoms with Crippen molar-refractivity contribution in [2.24, 2.45) is 5.92 Å². The molecule has 1 saturated heterocycles. The SMILES string of the molecule is CCNCC(C)C(=O)CCC1CCCO1. The van der Waals surface area contributed by atoms with E-state index in [0.29, 0.717) is 18.3 Å². The Kier molecular flexibility index (Phi) is 5.88. The van der Waals surface area contributed by atoms with Gasteiger partial charge in [0.2, 0.25) is 0 Å². The van der Waals surface area contributed by atoms with E-state index < -0.39 is 0 Å². The Morgan fingerprint density at radius 3 is 3.00 bits per heavy atom. The molecule has 0 radical (unpaired) electrons. The number of ketones is 1. The smallest absolute Gasteiger partial charge is 0.137 e. The summed E-state index contributed by atoms with van der Waals surface area (Å²) in [6, 6.07) is 0. The highest BCUT2D eigenvalue weighted by molar-refractivity contribution is 5.80. The summed E-state index contributed by atoms with van der Waals surface area (Å²) in [6.07, 6.45) is 4.23. The van der Waals surface area contributed by atoms with Gasteiger partial charge < -0.3 is 10.1 Å². The van der Waals surface area contributed by atoms with Crippen LogP contribution in [0.3, 0.4) is 0 Å². The van der Waals surface area contributed by atoms with Crippen molar-refractivity contribution in [2.75, 3.05) is 19.7 Å². The van der Waals surface area contributed by atoms with Gasteiger partial charge in [-0.3, -0.25) is 4.79 Å². The summed E-state index contributed by atoms with van der Waals surface area (Å²) in [6.45, 7) is 6.68. The number of ether oxygens (including phenoxy) is 1. The lowest BCUT2D eigenvalue weighted by molar-refractivity contribution is -0.122. The van der Waals surface area contributed by atoms with Gasteiger partial charge in [-0.2, -0.15) is 0 Å². The standard InChI is InChI=1S/C12H23NO2/c1-3-13-9-10(2)12(14)7-6-11-5-4-8-15-11/h10-11,13H,3-9H2,1-2H3. The Bertz CT molecular complexity index is 188. The molecule has 0 saturated carbocycles. The fraction of sp³-hybridized carbons (Fsp3) is 0.917. The highest BCUT2D eigenvalue weighted by atomic mass is 16.5. The number of hydrogen-bond donors (Lipinski definition) is 1. The summed E-state index contributed by atoms with van der Waals surface area (Å²) >= 11 is 0. The van der Waals surface area contributed by atoms with Gasteiger partial charge in [-0.15, -0.1) is 0 Å². The Morgan fingerprint density at radius 1 is 1.60 bits per heavy atom. The van der Waals surface area contributed by atoms with Gasteiger partial charge in [0.25, 0.3) is 0 Å². The predicted octanol–water partition coefficient (Wildman–Crippen LogP) is 1.76. The minimum atomic E-state index is 0.145. The summed E-state index contributed by atoms with van der Waals surface area (Å²) in [4.78, 5) is 11.7. The highest BCUT2D eigenvalue weighted by Gasteiger charge is 2.18. The number of nitrogens with one attached hydrogen (secondary N) is 1. The van der Waals surface area contributed by atoms with Gasteiger partial charge >= 0.3 is 0 Å². The summed E-state index contributed by atoms with van der Waals surface area (Å²) in [5.74, 6) is 0.512. The maximum absolute atomic E-state index is 11.7. The lowest BCUT2D eigenvalue weighted by Gasteiger charge is -2.12. The third kappa shape index (κ3) is 4.76. The van der Waals surface area contributed by atoms with Gasteiger partial charge in [0.1, 0.15) is 5.78 Å². The summed E-state index contributed by atoms with van der Waals surface area (Å²) in [7, 11) is 0. The van der Waals surface area contributed by atoms with Crippen LogP contribution in [0.2, 0.25) is 0 Å². The largest absolute Gasteiger partial charge is 0.378 e. The third-order valence-electron chi connectivity index (χ3n) is 2.99. The Hall–Kier alpha value is -0.410. The summed E-state index contributed by atoms with van der Waals surface area (Å²) in [5, 5.41) is 3.20. The average molecular weight is 213 g/mol. The first-order valence-electron chi connectivity index (χ1n) is 6.09. The zero-order valence-electron chi connectivity index (χ0n) is 9.92. The van der Waals surface area contributed by atoms with Gasteiger partial charge in [-0.05, 0) is 25.8 Å². The van der Waals surface area contributed by atoms with E-state index in [1.807, 2.05) is 6.92 Å². The number of hydrogen-bond acceptors (Lipinski definition) is 3. The van der Waals surface area contributed by atoms with Gasteiger partial charge in [0.15, 0.2) is 0 Å². The molecule has 0 aromatic rings. The van der Waals surface area contributed by atoms with Crippen LogP contribution in [0.5, 0.6) is 0 Å². The molecule has 15 heavy (non-hydrogen) atoms. The molecule has 1 N–H and O–H groups in total. The average Bonchev–Trinajstić information content (AvgIpc) is 2.75. The van der Waals surface area contributed by atoms with Crippen LogP contribution in [0.25, 0.3) is 0 Å². The van der Waals surface area contributed by atoms with Crippen molar-refractivity contribution < 1.29 is 9.53 Å². The second-order valence-corrected chi connectivity index (χ2v) is 4.35. The van der Waals surface area contributed by atoms with Crippen LogP contribution in [0.4, 0.5) is 0 Å². The van der Waals surface area contributed by atoms with Crippen molar-refractivity contribution in [3.63, 3.8) is 0 Å². The first kappa shape index (κ1) is 12.7. The van der Waals surface area contributed by atoms with E-state index >= 15 is 0 Å². The van der Waals surface area contributed by atoms with Crippen molar-refractivity contribution in [1.29, 1.82) is 0 Å². The fourth-order valence-electron chi connectivity index (χ4n) is 1.90. The van der Waals surface area contributed by atoms with E-state index in [0.717, 1.165) is 39.0 Å². The van der Waals surface area contributed by atoms with Crippen LogP contribution in [0.15, 0.2) is 0 Å². The van der Waals surface area contributed by atoms with Crippen LogP contribution in [0.1, 0.15) is 39.5 Å². The molecule has 2 unspecified atom stereocenters. The monoisotopic (exact) mass is 213 g/mol. The molecule has 0 aromatic heterocycles. The highest BCUT2D eigenvalue weighted by Crippen LogP contribution is 2.17. The number of carbonyl (C=O) groups is 1. The van der Waals surface area contributed by atoms with Crippen molar-refractivity contribution >= 4 is 5.78 Å². The second-order valence-electron chi connectivity index (χ2n) is 4.35. The first-order valence-corrected chi connectivity index (χ1v) is 6.09. The van der Waals surface area contributed by atoms with Crippen molar-refractivity contribution in [2.45, 2.75) is 45.6 Å². The molecule has 1 rings (SSSR count). The molecule has 88 valence electrons. The number of carbonyl (C=O) groups excluding carboxylic acids is 1. The molecule has 1 fully saturated rings. The zero-order chi connectivity index (χ0) is 11.1. The normalized spacial score (nSPS) is 22.9. The topological polar surface area (TPSA) is 38.3 Å². The second kappa shape index (κ2) is 6.96. The molecule has 0 aliphatic carbocycles. The Balaban J connectivity index is 2.11. The summed E-state index contributed by atoms with van der Waals surface area (Å²) in [5.41, 5.74) is 0. The molecular weight excluding hydrogens is 190 g/mol. The van der Waals surface area contributed by atoms with E-state index in [4.69, 9.17) is 4.74 Å². The molecule has 3 heteroatoms. The molecule has 0 bridgehead atoms. The van der Waals surface area contributed by atoms with Gasteiger partial charge in [-0.1, -0.05) is 13.8 Å². The molecule has 0 amide bonds. The van der Waals surface area contributed by atoms with E-state index in [1.54, 1.807) is 0 Å². The van der Waals surface area contributed by atoms with E-state index in [-0.39, 0.29) is 5.92 Å². The van der Waals surface area contributed by atoms with Crippen molar-refractivity contribution in [3.8, 4) is 0 Å². The minimum absolute atomic E-state index is 0.145. The quantitative estimate of drug-likeness (QED) is 0.700. The molecule has 0 aromatic carbocycles. The molecule has 0 spiro atoms. The fourth-order valence-corrected chi connectivity index (χ4v) is 1.90. The summed E-state index contributed by atoms with van der Waals surface area (Å²) < 4.78 is 5.50. The van der Waals surface area contributed by atoms with E-state index in [2.05, 4.69) is 12.2 Å². The maximum atomic E-state index is 11.7. The van der Waals surface area contributed by atoms with E-state index in [1.165, 1.54) is 0 Å². The molecular formula is C12H23NO2. The van der Waals surface area contributed by atoms with Gasteiger partial charge in [-0.25, -0.2) is 0 Å². The first-order chi connectivity index (χ1) is 7.24. The number of Topliss-reactive ketones (excluding diaryl/α,β-unsaturated/α-hetero) is 1. The Morgan fingerprint density at radius 2 is 2.40 bits per heavy atom. The predicted molar refractivity (Wildman–Crippen MR) is 60.9 cm³/mol. The molecule has 1 heterocycles.